The maximum absolute atomic E-state index is 5.41. The van der Waals surface area contributed by atoms with Crippen LogP contribution in [0, 0.1) is 6.92 Å². The molecule has 2 aromatic rings. The lowest BCUT2D eigenvalue weighted by atomic mass is 10.2. The number of rotatable bonds is 3. The van der Waals surface area contributed by atoms with Crippen molar-refractivity contribution in [3.05, 3.63) is 42.2 Å². The third-order valence-corrected chi connectivity index (χ3v) is 3.30. The fraction of sp³-hybridized carbons (Fsp3) is 0.333. The van der Waals surface area contributed by atoms with Gasteiger partial charge in [0.2, 0.25) is 5.95 Å². The smallest absolute Gasteiger partial charge is 0.227 e. The van der Waals surface area contributed by atoms with Gasteiger partial charge >= 0.3 is 0 Å². The molecular formula is C15H18N4O. The number of aromatic nitrogens is 2. The van der Waals surface area contributed by atoms with Gasteiger partial charge in [0.25, 0.3) is 0 Å². The molecule has 1 aromatic carbocycles. The summed E-state index contributed by atoms with van der Waals surface area (Å²) in [5, 5.41) is 3.31. The van der Waals surface area contributed by atoms with E-state index in [9.17, 15) is 0 Å². The molecule has 0 atom stereocenters. The number of para-hydroxylation sites is 2. The predicted octanol–water partition coefficient (Wildman–Crippen LogP) is 2.37. The number of nitrogens with zero attached hydrogens (tertiary/aromatic N) is 3. The first-order valence-corrected chi connectivity index (χ1v) is 6.81. The summed E-state index contributed by atoms with van der Waals surface area (Å²) in [5.41, 5.74) is 3.15. The van der Waals surface area contributed by atoms with Crippen LogP contribution in [0.4, 0.5) is 17.3 Å². The van der Waals surface area contributed by atoms with E-state index in [4.69, 9.17) is 4.74 Å². The number of hydrogen-bond donors (Lipinski definition) is 1. The highest BCUT2D eigenvalue weighted by molar-refractivity contribution is 5.73. The zero-order valence-electron chi connectivity index (χ0n) is 11.5. The fourth-order valence-electron chi connectivity index (χ4n) is 2.29. The van der Waals surface area contributed by atoms with E-state index in [0.29, 0.717) is 5.95 Å². The topological polar surface area (TPSA) is 50.3 Å². The average Bonchev–Trinajstić information content (AvgIpc) is 2.49. The highest BCUT2D eigenvalue weighted by Crippen LogP contribution is 2.28. The summed E-state index contributed by atoms with van der Waals surface area (Å²) < 4.78 is 5.41. The number of ether oxygens (including phenoxy) is 1. The van der Waals surface area contributed by atoms with Gasteiger partial charge in [0.05, 0.1) is 24.6 Å². The summed E-state index contributed by atoms with van der Waals surface area (Å²) in [6.45, 7) is 5.33. The molecule has 20 heavy (non-hydrogen) atoms. The van der Waals surface area contributed by atoms with Gasteiger partial charge in [-0.15, -0.1) is 0 Å². The molecule has 0 unspecified atom stereocenters. The number of nitrogens with one attached hydrogen (secondary N) is 1. The SMILES string of the molecule is Cc1ccnc(Nc2ccccc2N2CCOCC2)n1. The molecule has 0 saturated carbocycles. The minimum atomic E-state index is 0.630. The maximum atomic E-state index is 5.41. The average molecular weight is 270 g/mol. The van der Waals surface area contributed by atoms with E-state index in [-0.39, 0.29) is 0 Å². The van der Waals surface area contributed by atoms with Crippen LogP contribution in [0.3, 0.4) is 0 Å². The monoisotopic (exact) mass is 270 g/mol. The van der Waals surface area contributed by atoms with Crippen molar-refractivity contribution < 1.29 is 4.74 Å². The second kappa shape index (κ2) is 5.88. The van der Waals surface area contributed by atoms with Gasteiger partial charge < -0.3 is 15.0 Å². The fourth-order valence-corrected chi connectivity index (χ4v) is 2.29. The lowest BCUT2D eigenvalue weighted by Gasteiger charge is -2.30. The Morgan fingerprint density at radius 3 is 2.75 bits per heavy atom. The van der Waals surface area contributed by atoms with Crippen LogP contribution in [0.25, 0.3) is 0 Å². The van der Waals surface area contributed by atoms with E-state index < -0.39 is 0 Å². The zero-order chi connectivity index (χ0) is 13.8. The molecule has 0 amide bonds. The largest absolute Gasteiger partial charge is 0.378 e. The van der Waals surface area contributed by atoms with Crippen LogP contribution in [0.2, 0.25) is 0 Å². The molecule has 0 radical (unpaired) electrons. The number of hydrogen-bond acceptors (Lipinski definition) is 5. The Kier molecular flexibility index (Phi) is 3.78. The molecule has 104 valence electrons. The number of anilines is 3. The van der Waals surface area contributed by atoms with Crippen molar-refractivity contribution in [1.29, 1.82) is 0 Å². The third-order valence-electron chi connectivity index (χ3n) is 3.30. The first-order valence-electron chi connectivity index (χ1n) is 6.81. The quantitative estimate of drug-likeness (QED) is 0.928. The summed E-state index contributed by atoms with van der Waals surface area (Å²) in [7, 11) is 0. The molecule has 0 spiro atoms. The Morgan fingerprint density at radius 1 is 1.15 bits per heavy atom. The molecule has 1 aromatic heterocycles. The molecule has 3 rings (SSSR count). The van der Waals surface area contributed by atoms with Crippen LogP contribution in [0.1, 0.15) is 5.69 Å². The van der Waals surface area contributed by atoms with Gasteiger partial charge in [-0.25, -0.2) is 9.97 Å². The molecule has 5 nitrogen and oxygen atoms in total. The normalized spacial score (nSPS) is 15.2. The van der Waals surface area contributed by atoms with E-state index in [2.05, 4.69) is 32.3 Å². The van der Waals surface area contributed by atoms with E-state index in [1.165, 1.54) is 5.69 Å². The predicted molar refractivity (Wildman–Crippen MR) is 79.5 cm³/mol. The molecule has 1 fully saturated rings. The minimum absolute atomic E-state index is 0.630. The summed E-state index contributed by atoms with van der Waals surface area (Å²) >= 11 is 0. The van der Waals surface area contributed by atoms with Crippen LogP contribution < -0.4 is 10.2 Å². The molecule has 1 aliphatic rings. The van der Waals surface area contributed by atoms with Gasteiger partial charge in [-0.05, 0) is 25.1 Å². The summed E-state index contributed by atoms with van der Waals surface area (Å²) in [5.74, 6) is 0.630. The van der Waals surface area contributed by atoms with E-state index in [1.54, 1.807) is 6.20 Å². The Morgan fingerprint density at radius 2 is 1.95 bits per heavy atom. The number of benzene rings is 1. The Balaban J connectivity index is 1.85. The van der Waals surface area contributed by atoms with Crippen molar-refractivity contribution in [3.63, 3.8) is 0 Å². The van der Waals surface area contributed by atoms with Gasteiger partial charge in [-0.3, -0.25) is 0 Å². The zero-order valence-corrected chi connectivity index (χ0v) is 11.5. The van der Waals surface area contributed by atoms with E-state index in [1.807, 2.05) is 25.1 Å². The minimum Gasteiger partial charge on any atom is -0.378 e. The van der Waals surface area contributed by atoms with Crippen LogP contribution in [0.15, 0.2) is 36.5 Å². The van der Waals surface area contributed by atoms with E-state index >= 15 is 0 Å². The first kappa shape index (κ1) is 12.9. The molecule has 0 bridgehead atoms. The number of morpholine rings is 1. The second-order valence-electron chi connectivity index (χ2n) is 4.76. The molecule has 1 N–H and O–H groups in total. The van der Waals surface area contributed by atoms with Crippen molar-refractivity contribution in [2.24, 2.45) is 0 Å². The number of aryl methyl sites for hydroxylation is 1. The first-order chi connectivity index (χ1) is 9.83. The lowest BCUT2D eigenvalue weighted by molar-refractivity contribution is 0.123. The van der Waals surface area contributed by atoms with Crippen molar-refractivity contribution in [2.45, 2.75) is 6.92 Å². The molecule has 1 aliphatic heterocycles. The maximum Gasteiger partial charge on any atom is 0.227 e. The summed E-state index contributed by atoms with van der Waals surface area (Å²) in [4.78, 5) is 11.0. The molecular weight excluding hydrogens is 252 g/mol. The van der Waals surface area contributed by atoms with Gasteiger partial charge in [-0.1, -0.05) is 12.1 Å². The molecule has 0 aliphatic carbocycles. The second-order valence-corrected chi connectivity index (χ2v) is 4.76. The van der Waals surface area contributed by atoms with Gasteiger partial charge in [0.1, 0.15) is 0 Å². The van der Waals surface area contributed by atoms with Crippen LogP contribution in [0.5, 0.6) is 0 Å². The Labute approximate surface area is 118 Å². The van der Waals surface area contributed by atoms with Gasteiger partial charge in [0, 0.05) is 25.0 Å². The summed E-state index contributed by atoms with van der Waals surface area (Å²) in [6, 6.07) is 10.1. The highest BCUT2D eigenvalue weighted by atomic mass is 16.5. The molecule has 1 saturated heterocycles. The van der Waals surface area contributed by atoms with Gasteiger partial charge in [-0.2, -0.15) is 0 Å². The molecule has 2 heterocycles. The van der Waals surface area contributed by atoms with E-state index in [0.717, 1.165) is 37.7 Å². The Bertz CT molecular complexity index is 582. The van der Waals surface area contributed by atoms with Gasteiger partial charge in [0.15, 0.2) is 0 Å². The van der Waals surface area contributed by atoms with Crippen LogP contribution in [-0.2, 0) is 4.74 Å². The molecule has 5 heteroatoms. The van der Waals surface area contributed by atoms with Crippen molar-refractivity contribution >= 4 is 17.3 Å². The van der Waals surface area contributed by atoms with Crippen molar-refractivity contribution in [3.8, 4) is 0 Å². The Hall–Kier alpha value is -2.14. The van der Waals surface area contributed by atoms with Crippen molar-refractivity contribution in [2.75, 3.05) is 36.5 Å². The lowest BCUT2D eigenvalue weighted by Crippen LogP contribution is -2.36. The third kappa shape index (κ3) is 2.88. The highest BCUT2D eigenvalue weighted by Gasteiger charge is 2.14. The summed E-state index contributed by atoms with van der Waals surface area (Å²) in [6.07, 6.45) is 1.77. The van der Waals surface area contributed by atoms with Crippen molar-refractivity contribution in [1.82, 2.24) is 9.97 Å². The van der Waals surface area contributed by atoms with Crippen LogP contribution in [-0.4, -0.2) is 36.3 Å². The standard InChI is InChI=1S/C15H18N4O/c1-12-6-7-16-15(17-12)18-13-4-2-3-5-14(13)19-8-10-20-11-9-19/h2-7H,8-11H2,1H3,(H,16,17,18). The van der Waals surface area contributed by atoms with Crippen LogP contribution >= 0.6 is 0 Å².